The smallest absolute Gasteiger partial charge is 0.278 e. The van der Waals surface area contributed by atoms with Crippen LogP contribution in [-0.4, -0.2) is 143 Å². The molecule has 0 atom stereocenters. The van der Waals surface area contributed by atoms with Crippen molar-refractivity contribution in [2.75, 3.05) is 56.8 Å². The number of phenolic OH excluding ortho intramolecular Hbond substituents is 4. The van der Waals surface area contributed by atoms with Crippen molar-refractivity contribution in [1.29, 1.82) is 0 Å². The molecule has 5 rings (SSSR count). The summed E-state index contributed by atoms with van der Waals surface area (Å²) in [5.74, 6) is -1.86. The van der Waals surface area contributed by atoms with E-state index < -0.39 is 41.0 Å². The minimum Gasteiger partial charge on any atom is -0.508 e. The zero-order valence-electron chi connectivity index (χ0n) is 37.6. The van der Waals surface area contributed by atoms with Gasteiger partial charge >= 0.3 is 0 Å². The maximum atomic E-state index is 11.4. The average Bonchev–Trinajstić information content (AvgIpc) is 3.35. The van der Waals surface area contributed by atoms with Crippen LogP contribution in [0.1, 0.15) is 51.8 Å². The fraction of sp³-hybridized carbons (Fsp3) is 0.186. The number of phenols is 4. The Morgan fingerprint density at radius 2 is 0.882 bits per heavy atom. The maximum Gasteiger partial charge on any atom is 0.278 e. The number of benzene rings is 5. The molecule has 0 aliphatic heterocycles. The van der Waals surface area contributed by atoms with Gasteiger partial charge in [0.05, 0.1) is 53.8 Å². The van der Waals surface area contributed by atoms with Crippen LogP contribution in [0.2, 0.25) is 0 Å². The van der Waals surface area contributed by atoms with Crippen LogP contribution < -0.4 is 44.9 Å². The number of carbonyl (C=O) groups is 5. The molecule has 0 saturated carbocycles. The van der Waals surface area contributed by atoms with E-state index in [1.165, 1.54) is 134 Å². The highest BCUT2D eigenvalue weighted by atomic mass is 16.5. The number of hydrogen-bond acceptors (Lipinski definition) is 20. The summed E-state index contributed by atoms with van der Waals surface area (Å²) >= 11 is 0. The zero-order valence-corrected chi connectivity index (χ0v) is 37.6. The molecule has 25 nitrogen and oxygen atoms in total. The summed E-state index contributed by atoms with van der Waals surface area (Å²) in [6, 6.07) is 21.2. The van der Waals surface area contributed by atoms with Gasteiger partial charge in [-0.2, -0.15) is 0 Å². The molecule has 0 aromatic heterocycles. The molecule has 368 valence electrons. The predicted molar refractivity (Wildman–Crippen MR) is 234 cm³/mol. The maximum absolute atomic E-state index is 11.4. The van der Waals surface area contributed by atoms with Gasteiger partial charge < -0.3 is 48.8 Å². The third-order valence-electron chi connectivity index (χ3n) is 8.25. The highest BCUT2D eigenvalue weighted by molar-refractivity contribution is 5.97. The summed E-state index contributed by atoms with van der Waals surface area (Å²) in [5, 5.41) is 79.7. The lowest BCUT2D eigenvalue weighted by Gasteiger charge is -2.11. The molecule has 0 heterocycles. The lowest BCUT2D eigenvalue weighted by molar-refractivity contribution is -0.0375. The van der Waals surface area contributed by atoms with Crippen molar-refractivity contribution < 1.29 is 98.9 Å². The second-order valence-corrected chi connectivity index (χ2v) is 12.6. The van der Waals surface area contributed by atoms with Gasteiger partial charge in [-0.25, -0.2) is 26.6 Å². The number of aromatic hydroxyl groups is 4. The van der Waals surface area contributed by atoms with Gasteiger partial charge in [0.1, 0.15) is 23.0 Å². The van der Waals surface area contributed by atoms with Gasteiger partial charge in [-0.3, -0.25) is 50.0 Å². The molecule has 0 saturated heterocycles. The number of para-hydroxylation sites is 1. The van der Waals surface area contributed by atoms with Crippen molar-refractivity contribution >= 4 is 29.5 Å². The van der Waals surface area contributed by atoms with Gasteiger partial charge in [-0.1, -0.05) is 6.07 Å². The van der Waals surface area contributed by atoms with Crippen molar-refractivity contribution in [3.8, 4) is 57.5 Å². The second kappa shape index (κ2) is 28.9. The number of amides is 5. The summed E-state index contributed by atoms with van der Waals surface area (Å²) in [7, 11) is 11.5. The van der Waals surface area contributed by atoms with Crippen molar-refractivity contribution in [1.82, 2.24) is 26.6 Å². The molecule has 5 amide bonds. The van der Waals surface area contributed by atoms with E-state index in [0.29, 0.717) is 61.3 Å². The van der Waals surface area contributed by atoms with Crippen LogP contribution in [0.15, 0.2) is 91.0 Å². The van der Waals surface area contributed by atoms with E-state index in [-0.39, 0.29) is 22.6 Å². The molecule has 68 heavy (non-hydrogen) atoms. The number of ether oxygens (including phenoxy) is 6. The molecule has 25 heteroatoms. The molecule has 0 fully saturated rings. The molecule has 0 aliphatic rings. The number of carbonyl (C=O) groups excluding carboxylic acids is 5. The van der Waals surface area contributed by atoms with E-state index in [9.17, 15) is 24.0 Å². The number of hydroxylamine groups is 7. The van der Waals surface area contributed by atoms with Crippen molar-refractivity contribution in [2.24, 2.45) is 0 Å². The molecule has 5 aromatic rings. The van der Waals surface area contributed by atoms with Gasteiger partial charge in [0.15, 0.2) is 34.5 Å². The summed E-state index contributed by atoms with van der Waals surface area (Å²) in [6.45, 7) is 0. The number of rotatable bonds is 11. The fourth-order valence-corrected chi connectivity index (χ4v) is 4.86. The Morgan fingerprint density at radius 3 is 1.31 bits per heavy atom. The van der Waals surface area contributed by atoms with Gasteiger partial charge in [-0.15, -0.1) is 0 Å². The molecule has 0 spiro atoms. The molecule has 0 bridgehead atoms. The van der Waals surface area contributed by atoms with Crippen LogP contribution in [0.25, 0.3) is 0 Å². The minimum atomic E-state index is -0.872. The third-order valence-corrected chi connectivity index (χ3v) is 8.25. The molecule has 0 radical (unpaired) electrons. The normalized spacial score (nSPS) is 9.49. The fourth-order valence-electron chi connectivity index (χ4n) is 4.86. The van der Waals surface area contributed by atoms with Crippen LogP contribution in [0, 0.1) is 0 Å². The second-order valence-electron chi connectivity index (χ2n) is 12.6. The van der Waals surface area contributed by atoms with Crippen LogP contribution in [-0.2, 0) is 0 Å². The SMILES string of the molecule is COc1cc(OC)cc(C(=O)N(C)O)c1.COc1ccc(C(=O)N(C)O)cc1OC.COc1ccc(C(=O)NO)cc1OC.O=C(NO)c1ccc(O)cc1O.O=C(NO)c1cccc(O)c1O. The Morgan fingerprint density at radius 1 is 0.441 bits per heavy atom. The first kappa shape index (κ1) is 57.3. The Labute approximate surface area is 387 Å². The predicted octanol–water partition coefficient (Wildman–Crippen LogP) is 3.59. The van der Waals surface area contributed by atoms with Gasteiger partial charge in [0, 0.05) is 42.9 Å². The van der Waals surface area contributed by atoms with Crippen LogP contribution in [0.3, 0.4) is 0 Å². The Kier molecular flexibility index (Phi) is 24.4. The van der Waals surface area contributed by atoms with E-state index in [1.54, 1.807) is 24.3 Å². The first-order valence-electron chi connectivity index (χ1n) is 18.7. The quantitative estimate of drug-likeness (QED) is 0.0511. The summed E-state index contributed by atoms with van der Waals surface area (Å²) in [4.78, 5) is 55.4. The average molecular weight is 958 g/mol. The van der Waals surface area contributed by atoms with Crippen LogP contribution >= 0.6 is 0 Å². The van der Waals surface area contributed by atoms with E-state index in [4.69, 9.17) is 74.9 Å². The Bertz CT molecular complexity index is 2440. The molecular weight excluding hydrogens is 906 g/mol. The lowest BCUT2D eigenvalue weighted by Crippen LogP contribution is -2.22. The van der Waals surface area contributed by atoms with Gasteiger partial charge in [0.25, 0.3) is 29.5 Å². The molecule has 12 N–H and O–H groups in total. The van der Waals surface area contributed by atoms with Gasteiger partial charge in [0.2, 0.25) is 0 Å². The number of nitrogens with one attached hydrogen (secondary N) is 3. The summed E-state index contributed by atoms with van der Waals surface area (Å²) < 4.78 is 30.0. The van der Waals surface area contributed by atoms with Crippen molar-refractivity contribution in [3.63, 3.8) is 0 Å². The van der Waals surface area contributed by atoms with E-state index >= 15 is 0 Å². The van der Waals surface area contributed by atoms with Crippen LogP contribution in [0.5, 0.6) is 57.5 Å². The minimum absolute atomic E-state index is 0.102. The highest BCUT2D eigenvalue weighted by Gasteiger charge is 2.15. The third kappa shape index (κ3) is 17.3. The number of methoxy groups -OCH3 is 6. The topological polar surface area (TPSA) is 365 Å². The molecule has 5 aromatic carbocycles. The zero-order chi connectivity index (χ0) is 51.7. The summed E-state index contributed by atoms with van der Waals surface area (Å²) in [5.41, 5.74) is 4.88. The number of nitrogens with zero attached hydrogens (tertiary/aromatic N) is 2. The lowest BCUT2D eigenvalue weighted by atomic mass is 10.2. The molecular formula is C43H51N5O20. The first-order chi connectivity index (χ1) is 32.2. The molecule has 0 aliphatic carbocycles. The van der Waals surface area contributed by atoms with E-state index in [2.05, 4.69) is 0 Å². The van der Waals surface area contributed by atoms with Crippen LogP contribution in [0.4, 0.5) is 0 Å². The number of hydrogen-bond donors (Lipinski definition) is 12. The standard InChI is InChI=1S/2C10H13NO4.C9H11NO4.2C7H7NO4/c1-11(13)10(12)7-4-8(14-2)6-9(5-7)15-3;1-11(13)10(12)7-4-5-8(14-2)9(6-7)15-3;1-13-7-4-3-6(9(11)10-12)5-8(7)14-2;9-4-1-2-5(6(10)3-4)7(11)8-12;9-5-3-1-2-4(6(5)10)7(11)8-12/h2*4-6,13H,1-3H3;3-5,12H,1-2H3,(H,10,11);2*1-3,9-10,12H,(H,8,11). The van der Waals surface area contributed by atoms with Crippen molar-refractivity contribution in [3.05, 3.63) is 119 Å². The van der Waals surface area contributed by atoms with E-state index in [1.807, 2.05) is 0 Å². The Hall–Kier alpha value is -8.75. The largest absolute Gasteiger partial charge is 0.508 e. The first-order valence-corrected chi connectivity index (χ1v) is 18.7. The van der Waals surface area contributed by atoms with Crippen molar-refractivity contribution in [2.45, 2.75) is 0 Å². The van der Waals surface area contributed by atoms with E-state index in [0.717, 1.165) is 6.07 Å². The highest BCUT2D eigenvalue weighted by Crippen LogP contribution is 2.30. The monoisotopic (exact) mass is 957 g/mol. The Balaban J connectivity index is 0.000000426. The summed E-state index contributed by atoms with van der Waals surface area (Å²) in [6.07, 6.45) is 0. The van der Waals surface area contributed by atoms with Gasteiger partial charge in [-0.05, 0) is 72.8 Å². The molecule has 0 unspecified atom stereocenters.